The van der Waals surface area contributed by atoms with Gasteiger partial charge in [0.25, 0.3) is 0 Å². The summed E-state index contributed by atoms with van der Waals surface area (Å²) >= 11 is 3.32. The Bertz CT molecular complexity index is 710. The third kappa shape index (κ3) is 3.35. The number of halogens is 1. The van der Waals surface area contributed by atoms with Crippen LogP contribution in [0.25, 0.3) is 11.1 Å². The summed E-state index contributed by atoms with van der Waals surface area (Å²) in [4.78, 5) is 21.9. The standard InChI is InChI=1S/C15H10BrNO4/c1-2-14(18)21-15-12(4-3-5-13(15)17(19)20)10-6-8-11(16)9-7-10/h2-9H,1H2. The van der Waals surface area contributed by atoms with E-state index < -0.39 is 10.9 Å². The Balaban J connectivity index is 2.61. The highest BCUT2D eigenvalue weighted by Crippen LogP contribution is 2.38. The molecule has 0 aromatic heterocycles. The van der Waals surface area contributed by atoms with E-state index in [1.807, 2.05) is 0 Å². The molecule has 5 nitrogen and oxygen atoms in total. The van der Waals surface area contributed by atoms with Crippen LogP contribution in [-0.4, -0.2) is 10.9 Å². The molecule has 0 atom stereocenters. The van der Waals surface area contributed by atoms with Gasteiger partial charge in [-0.3, -0.25) is 10.1 Å². The zero-order valence-electron chi connectivity index (χ0n) is 10.8. The van der Waals surface area contributed by atoms with Gasteiger partial charge in [0.15, 0.2) is 0 Å². The number of hydrogen-bond acceptors (Lipinski definition) is 4. The summed E-state index contributed by atoms with van der Waals surface area (Å²) in [6, 6.07) is 11.6. The van der Waals surface area contributed by atoms with E-state index in [0.717, 1.165) is 10.5 Å². The van der Waals surface area contributed by atoms with Crippen molar-refractivity contribution >= 4 is 27.6 Å². The molecule has 0 saturated carbocycles. The largest absolute Gasteiger partial charge is 0.415 e. The van der Waals surface area contributed by atoms with Gasteiger partial charge < -0.3 is 4.74 Å². The fourth-order valence-electron chi connectivity index (χ4n) is 1.77. The molecule has 2 aromatic rings. The van der Waals surface area contributed by atoms with E-state index in [9.17, 15) is 14.9 Å². The molecule has 2 rings (SSSR count). The summed E-state index contributed by atoms with van der Waals surface area (Å²) in [5.41, 5.74) is 0.895. The van der Waals surface area contributed by atoms with Crippen LogP contribution in [0.15, 0.2) is 59.6 Å². The molecule has 0 saturated heterocycles. The van der Waals surface area contributed by atoms with Crippen molar-refractivity contribution in [1.82, 2.24) is 0 Å². The SMILES string of the molecule is C=CC(=O)Oc1c(-c2ccc(Br)cc2)cccc1[N+](=O)[O-]. The summed E-state index contributed by atoms with van der Waals surface area (Å²) in [5.74, 6) is -0.836. The highest BCUT2D eigenvalue weighted by Gasteiger charge is 2.21. The minimum atomic E-state index is -0.748. The first kappa shape index (κ1) is 14.9. The number of carbonyl (C=O) groups excluding carboxylic acids is 1. The average Bonchev–Trinajstić information content (AvgIpc) is 2.48. The summed E-state index contributed by atoms with van der Waals surface area (Å²) < 4.78 is 5.94. The van der Waals surface area contributed by atoms with Gasteiger partial charge in [0.1, 0.15) is 0 Å². The first-order valence-corrected chi connectivity index (χ1v) is 6.70. The maximum absolute atomic E-state index is 11.4. The molecule has 0 aliphatic heterocycles. The normalized spacial score (nSPS) is 9.95. The van der Waals surface area contributed by atoms with E-state index in [1.165, 1.54) is 6.07 Å². The van der Waals surface area contributed by atoms with Crippen LogP contribution in [0.2, 0.25) is 0 Å². The number of nitro groups is 1. The molecule has 0 fully saturated rings. The van der Waals surface area contributed by atoms with Crippen molar-refractivity contribution in [3.63, 3.8) is 0 Å². The zero-order chi connectivity index (χ0) is 15.4. The first-order valence-electron chi connectivity index (χ1n) is 5.90. The first-order chi connectivity index (χ1) is 10.0. The number of nitrogens with zero attached hydrogens (tertiary/aromatic N) is 1. The number of esters is 1. The van der Waals surface area contributed by atoms with E-state index in [0.29, 0.717) is 11.1 Å². The van der Waals surface area contributed by atoms with Crippen molar-refractivity contribution in [3.05, 3.63) is 69.7 Å². The maximum atomic E-state index is 11.4. The van der Waals surface area contributed by atoms with Crippen LogP contribution in [0.4, 0.5) is 5.69 Å². The predicted molar refractivity (Wildman–Crippen MR) is 82.1 cm³/mol. The van der Waals surface area contributed by atoms with Crippen molar-refractivity contribution in [2.45, 2.75) is 0 Å². The molecule has 106 valence electrons. The van der Waals surface area contributed by atoms with Crippen LogP contribution in [-0.2, 0) is 4.79 Å². The van der Waals surface area contributed by atoms with Gasteiger partial charge in [-0.25, -0.2) is 4.79 Å². The number of para-hydroxylation sites is 1. The lowest BCUT2D eigenvalue weighted by atomic mass is 10.0. The lowest BCUT2D eigenvalue weighted by Gasteiger charge is -2.09. The van der Waals surface area contributed by atoms with Crippen molar-refractivity contribution in [1.29, 1.82) is 0 Å². The molecule has 0 amide bonds. The van der Waals surface area contributed by atoms with Crippen LogP contribution in [0.1, 0.15) is 0 Å². The Morgan fingerprint density at radius 1 is 1.24 bits per heavy atom. The average molecular weight is 348 g/mol. The number of rotatable bonds is 4. The summed E-state index contributed by atoms with van der Waals surface area (Å²) in [6.45, 7) is 3.29. The lowest BCUT2D eigenvalue weighted by Crippen LogP contribution is -2.06. The van der Waals surface area contributed by atoms with Gasteiger partial charge in [0.2, 0.25) is 5.75 Å². The van der Waals surface area contributed by atoms with Gasteiger partial charge in [-0.15, -0.1) is 0 Å². The monoisotopic (exact) mass is 347 g/mol. The van der Waals surface area contributed by atoms with E-state index in [-0.39, 0.29) is 11.4 Å². The Labute approximate surface area is 129 Å². The minimum absolute atomic E-state index is 0.0882. The zero-order valence-corrected chi connectivity index (χ0v) is 12.4. The fourth-order valence-corrected chi connectivity index (χ4v) is 2.04. The molecule has 0 aliphatic carbocycles. The maximum Gasteiger partial charge on any atom is 0.335 e. The quantitative estimate of drug-likeness (QED) is 0.274. The van der Waals surface area contributed by atoms with Gasteiger partial charge in [-0.05, 0) is 17.7 Å². The van der Waals surface area contributed by atoms with Gasteiger partial charge in [0.05, 0.1) is 4.92 Å². The Kier molecular flexibility index (Phi) is 4.49. The van der Waals surface area contributed by atoms with E-state index in [1.54, 1.807) is 36.4 Å². The number of ether oxygens (including phenoxy) is 1. The fraction of sp³-hybridized carbons (Fsp3) is 0. The molecule has 0 N–H and O–H groups in total. The van der Waals surface area contributed by atoms with Crippen molar-refractivity contribution in [2.24, 2.45) is 0 Å². The van der Waals surface area contributed by atoms with Crippen molar-refractivity contribution < 1.29 is 14.5 Å². The molecule has 0 aliphatic rings. The van der Waals surface area contributed by atoms with Crippen LogP contribution in [0.5, 0.6) is 5.75 Å². The predicted octanol–water partition coefficient (Wildman–Crippen LogP) is 4.12. The van der Waals surface area contributed by atoms with Crippen molar-refractivity contribution in [3.8, 4) is 16.9 Å². The highest BCUT2D eigenvalue weighted by atomic mass is 79.9. The third-order valence-corrected chi connectivity index (χ3v) is 3.24. The summed E-state index contributed by atoms with van der Waals surface area (Å²) in [7, 11) is 0. The Morgan fingerprint density at radius 2 is 1.90 bits per heavy atom. The molecule has 0 spiro atoms. The van der Waals surface area contributed by atoms with Crippen LogP contribution >= 0.6 is 15.9 Å². The second-order valence-corrected chi connectivity index (χ2v) is 4.96. The van der Waals surface area contributed by atoms with Crippen LogP contribution < -0.4 is 4.74 Å². The number of benzene rings is 2. The molecule has 0 radical (unpaired) electrons. The van der Waals surface area contributed by atoms with Gasteiger partial charge in [-0.2, -0.15) is 0 Å². The smallest absolute Gasteiger partial charge is 0.335 e. The molecular weight excluding hydrogens is 338 g/mol. The van der Waals surface area contributed by atoms with E-state index in [2.05, 4.69) is 22.5 Å². The number of hydrogen-bond donors (Lipinski definition) is 0. The second-order valence-electron chi connectivity index (χ2n) is 4.04. The topological polar surface area (TPSA) is 69.4 Å². The number of carbonyl (C=O) groups is 1. The molecule has 21 heavy (non-hydrogen) atoms. The van der Waals surface area contributed by atoms with E-state index in [4.69, 9.17) is 4.74 Å². The van der Waals surface area contributed by atoms with Gasteiger partial charge in [-0.1, -0.05) is 46.8 Å². The minimum Gasteiger partial charge on any atom is -0.415 e. The molecular formula is C15H10BrNO4. The van der Waals surface area contributed by atoms with Crippen molar-refractivity contribution in [2.75, 3.05) is 0 Å². The second kappa shape index (κ2) is 6.32. The Hall–Kier alpha value is -2.47. The summed E-state index contributed by atoms with van der Waals surface area (Å²) in [6.07, 6.45) is 0.960. The number of nitro benzene ring substituents is 1. The lowest BCUT2D eigenvalue weighted by molar-refractivity contribution is -0.385. The van der Waals surface area contributed by atoms with Crippen LogP contribution in [0, 0.1) is 10.1 Å². The van der Waals surface area contributed by atoms with Gasteiger partial charge >= 0.3 is 11.7 Å². The van der Waals surface area contributed by atoms with Crippen LogP contribution in [0.3, 0.4) is 0 Å². The Morgan fingerprint density at radius 3 is 2.48 bits per heavy atom. The molecule has 0 unspecified atom stereocenters. The molecule has 0 bridgehead atoms. The molecule has 6 heteroatoms. The molecule has 2 aromatic carbocycles. The van der Waals surface area contributed by atoms with E-state index >= 15 is 0 Å². The highest BCUT2D eigenvalue weighted by molar-refractivity contribution is 9.10. The van der Waals surface area contributed by atoms with Gasteiger partial charge in [0, 0.05) is 22.2 Å². The third-order valence-electron chi connectivity index (χ3n) is 2.72. The molecule has 0 heterocycles. The summed E-state index contributed by atoms with van der Waals surface area (Å²) in [5, 5.41) is 11.1.